The average molecular weight is 316 g/mol. The number of rotatable bonds is 0. The van der Waals surface area contributed by atoms with Crippen LogP contribution in [0.5, 0.6) is 0 Å². The smallest absolute Gasteiger partial charge is 0.333 e. The zero-order valence-electron chi connectivity index (χ0n) is 5.74. The van der Waals surface area contributed by atoms with Gasteiger partial charge < -0.3 is 24.0 Å². The molecule has 2 N–H and O–H groups in total. The average Bonchev–Trinajstić information content (AvgIpc) is 2.34. The van der Waals surface area contributed by atoms with E-state index in [1.165, 1.54) is 0 Å². The minimum Gasteiger partial charge on any atom is -1.00 e. The number of aromatic nitrogens is 3. The molecule has 0 bridgehead atoms. The third kappa shape index (κ3) is 1.65. The summed E-state index contributed by atoms with van der Waals surface area (Å²) in [6.45, 7) is 0. The maximum absolute atomic E-state index is 5.77. The molecular formula is C6H4Cl2IN3. The molecule has 0 aromatic carbocycles. The second-order valence-electron chi connectivity index (χ2n) is 2.08. The Kier molecular flexibility index (Phi) is 3.14. The van der Waals surface area contributed by atoms with Crippen molar-refractivity contribution < 1.29 is 29.0 Å². The van der Waals surface area contributed by atoms with Crippen LogP contribution in [-0.2, 0) is 0 Å². The van der Waals surface area contributed by atoms with Gasteiger partial charge in [-0.15, -0.1) is 0 Å². The molecular weight excluding hydrogens is 312 g/mol. The van der Waals surface area contributed by atoms with E-state index in [0.29, 0.717) is 5.15 Å². The zero-order valence-corrected chi connectivity index (χ0v) is 9.41. The van der Waals surface area contributed by atoms with E-state index in [9.17, 15) is 0 Å². The van der Waals surface area contributed by atoms with Gasteiger partial charge in [-0.2, -0.15) is 0 Å². The van der Waals surface area contributed by atoms with E-state index in [2.05, 4.69) is 15.0 Å². The predicted molar refractivity (Wildman–Crippen MR) is 42.7 cm³/mol. The molecule has 0 spiro atoms. The van der Waals surface area contributed by atoms with Crippen molar-refractivity contribution in [2.75, 3.05) is 0 Å². The van der Waals surface area contributed by atoms with Crippen molar-refractivity contribution in [3.8, 4) is 0 Å². The van der Waals surface area contributed by atoms with E-state index in [0.717, 1.165) is 11.0 Å². The molecule has 0 fully saturated rings. The normalized spacial score (nSPS) is 9.83. The van der Waals surface area contributed by atoms with Crippen LogP contribution in [0.3, 0.4) is 0 Å². The first kappa shape index (κ1) is 10.0. The summed E-state index contributed by atoms with van der Waals surface area (Å²) >= 11 is 11.4. The zero-order chi connectivity index (χ0) is 7.84. The van der Waals surface area contributed by atoms with Gasteiger partial charge in [0.25, 0.3) is 0 Å². The molecule has 0 aliphatic carbocycles. The summed E-state index contributed by atoms with van der Waals surface area (Å²) in [4.78, 5) is 9.59. The Bertz CT molecular complexity index is 401. The van der Waals surface area contributed by atoms with Gasteiger partial charge in [0.1, 0.15) is 5.39 Å². The molecule has 0 aliphatic heterocycles. The molecule has 2 aromatic heterocycles. The van der Waals surface area contributed by atoms with Gasteiger partial charge in [0.2, 0.25) is 10.8 Å². The highest BCUT2D eigenvalue weighted by Gasteiger charge is 2.10. The molecule has 6 heteroatoms. The number of nitrogens with zero attached hydrogens (tertiary/aromatic N) is 1. The number of hydrogen-bond donors (Lipinski definition) is 1. The number of aromatic amines is 2. The van der Waals surface area contributed by atoms with E-state index in [1.54, 1.807) is 6.20 Å². The van der Waals surface area contributed by atoms with Crippen LogP contribution in [-0.4, -0.2) is 9.97 Å². The highest BCUT2D eigenvalue weighted by atomic mass is 127. The van der Waals surface area contributed by atoms with Crippen LogP contribution < -0.4 is 29.0 Å². The van der Waals surface area contributed by atoms with Gasteiger partial charge in [-0.05, 0) is 29.3 Å². The summed E-state index contributed by atoms with van der Waals surface area (Å²) < 4.78 is 0. The van der Waals surface area contributed by atoms with E-state index in [-0.39, 0.29) is 29.3 Å². The van der Waals surface area contributed by atoms with E-state index in [1.807, 2.05) is 6.07 Å². The summed E-state index contributed by atoms with van der Waals surface area (Å²) in [5, 5.41) is 1.53. The van der Waals surface area contributed by atoms with Crippen LogP contribution in [0.2, 0.25) is 10.4 Å². The Morgan fingerprint density at radius 2 is 2.17 bits per heavy atom. The molecule has 0 amide bonds. The van der Waals surface area contributed by atoms with Crippen LogP contribution in [0.1, 0.15) is 0 Å². The van der Waals surface area contributed by atoms with Gasteiger partial charge in [0.15, 0.2) is 0 Å². The molecule has 64 valence electrons. The first-order valence-corrected chi connectivity index (χ1v) is 3.74. The van der Waals surface area contributed by atoms with Crippen molar-refractivity contribution in [1.82, 2.24) is 9.97 Å². The number of nitrogens with one attached hydrogen (secondary N) is 2. The monoisotopic (exact) mass is 315 g/mol. The van der Waals surface area contributed by atoms with Gasteiger partial charge in [-0.1, -0.05) is 4.98 Å². The van der Waals surface area contributed by atoms with Crippen LogP contribution in [0, 0.1) is 0 Å². The minimum absolute atomic E-state index is 0. The third-order valence-corrected chi connectivity index (χ3v) is 1.86. The Hall–Kier alpha value is -0.0700. The lowest BCUT2D eigenvalue weighted by molar-refractivity contribution is -0.349. The van der Waals surface area contributed by atoms with Crippen molar-refractivity contribution >= 4 is 34.2 Å². The molecule has 0 aliphatic rings. The summed E-state index contributed by atoms with van der Waals surface area (Å²) in [5.41, 5.74) is 0.787. The topological polar surface area (TPSA) is 42.8 Å². The van der Waals surface area contributed by atoms with E-state index >= 15 is 0 Å². The lowest BCUT2D eigenvalue weighted by atomic mass is 10.4. The van der Waals surface area contributed by atoms with Gasteiger partial charge in [-0.25, -0.2) is 4.98 Å². The summed E-state index contributed by atoms with van der Waals surface area (Å²) in [7, 11) is 0. The fraction of sp³-hybridized carbons (Fsp3) is 0. The molecule has 0 radical (unpaired) electrons. The lowest BCUT2D eigenvalue weighted by Crippen LogP contribution is -3.00. The van der Waals surface area contributed by atoms with Gasteiger partial charge in [0, 0.05) is 0 Å². The van der Waals surface area contributed by atoms with Crippen molar-refractivity contribution in [1.29, 1.82) is 0 Å². The standard InChI is InChI=1S/C6H3Cl2N3.HI/c7-4-3-1-2-9-5(3)11-6(8)10-4;/h1-2H,(H,9,10,11);1H. The van der Waals surface area contributed by atoms with Gasteiger partial charge in [-0.3, -0.25) is 4.98 Å². The molecule has 2 aromatic rings. The number of halogens is 3. The van der Waals surface area contributed by atoms with Gasteiger partial charge >= 0.3 is 5.28 Å². The van der Waals surface area contributed by atoms with Crippen molar-refractivity contribution in [2.45, 2.75) is 0 Å². The molecule has 3 nitrogen and oxygen atoms in total. The molecule has 0 saturated carbocycles. The first-order valence-electron chi connectivity index (χ1n) is 2.99. The first-order chi connectivity index (χ1) is 5.27. The number of hydrogen-bond acceptors (Lipinski definition) is 1. The van der Waals surface area contributed by atoms with Crippen LogP contribution >= 0.6 is 23.2 Å². The van der Waals surface area contributed by atoms with Crippen molar-refractivity contribution in [3.63, 3.8) is 0 Å². The van der Waals surface area contributed by atoms with Crippen LogP contribution in [0.4, 0.5) is 0 Å². The Balaban J connectivity index is 0.000000720. The molecule has 0 atom stereocenters. The number of fused-ring (bicyclic) bond motifs is 1. The predicted octanol–water partition coefficient (Wildman–Crippen LogP) is -1.31. The van der Waals surface area contributed by atoms with E-state index in [4.69, 9.17) is 23.2 Å². The van der Waals surface area contributed by atoms with Crippen LogP contribution in [0.25, 0.3) is 11.0 Å². The van der Waals surface area contributed by atoms with Crippen LogP contribution in [0.15, 0.2) is 12.3 Å². The highest BCUT2D eigenvalue weighted by Crippen LogP contribution is 2.17. The fourth-order valence-electron chi connectivity index (χ4n) is 0.922. The quantitative estimate of drug-likeness (QED) is 0.366. The SMILES string of the molecule is Clc1nc(Cl)c2cc[nH]c2[nH+]1.[I-]. The maximum Gasteiger partial charge on any atom is 0.333 e. The van der Waals surface area contributed by atoms with Crippen molar-refractivity contribution in [3.05, 3.63) is 22.7 Å². The van der Waals surface area contributed by atoms with Crippen molar-refractivity contribution in [2.24, 2.45) is 0 Å². The summed E-state index contributed by atoms with van der Waals surface area (Å²) in [5.74, 6) is 0. The Morgan fingerprint density at radius 1 is 1.42 bits per heavy atom. The lowest BCUT2D eigenvalue weighted by Gasteiger charge is -1.85. The third-order valence-electron chi connectivity index (χ3n) is 1.39. The number of H-pyrrole nitrogens is 2. The second kappa shape index (κ2) is 3.76. The highest BCUT2D eigenvalue weighted by molar-refractivity contribution is 6.35. The minimum atomic E-state index is 0. The summed E-state index contributed by atoms with van der Waals surface area (Å²) in [6.07, 6.45) is 1.77. The summed E-state index contributed by atoms with van der Waals surface area (Å²) in [6, 6.07) is 1.83. The largest absolute Gasteiger partial charge is 1.00 e. The second-order valence-corrected chi connectivity index (χ2v) is 2.80. The maximum atomic E-state index is 5.77. The Morgan fingerprint density at radius 3 is 2.92 bits per heavy atom. The molecule has 0 saturated heterocycles. The Labute approximate surface area is 95.5 Å². The molecule has 0 unspecified atom stereocenters. The fourth-order valence-corrected chi connectivity index (χ4v) is 1.39. The molecule has 2 rings (SSSR count). The molecule has 12 heavy (non-hydrogen) atoms. The molecule has 2 heterocycles. The van der Waals surface area contributed by atoms with Gasteiger partial charge in [0.05, 0.1) is 6.20 Å². The van der Waals surface area contributed by atoms with E-state index < -0.39 is 0 Å².